The van der Waals surface area contributed by atoms with E-state index in [0.717, 1.165) is 43.9 Å². The minimum absolute atomic E-state index is 0.0356. The number of amides is 1. The number of hydrogen-bond donors (Lipinski definition) is 1. The molecule has 2 atom stereocenters. The van der Waals surface area contributed by atoms with Gasteiger partial charge in [-0.15, -0.1) is 11.3 Å². The fourth-order valence-corrected chi connectivity index (χ4v) is 7.12. The largest absolute Gasteiger partial charge is 0.347 e. The Hall–Kier alpha value is -1.64. The fourth-order valence-electron chi connectivity index (χ4n) is 4.48. The molecule has 4 rings (SSSR count). The van der Waals surface area contributed by atoms with Gasteiger partial charge in [0.25, 0.3) is 5.91 Å². The van der Waals surface area contributed by atoms with Gasteiger partial charge in [0.05, 0.1) is 29.7 Å². The summed E-state index contributed by atoms with van der Waals surface area (Å²) >= 11 is 1.70. The Morgan fingerprint density at radius 2 is 2.00 bits per heavy atom. The van der Waals surface area contributed by atoms with Crippen molar-refractivity contribution in [2.24, 2.45) is 0 Å². The summed E-state index contributed by atoms with van der Waals surface area (Å²) in [5.74, 6) is 0.0141. The smallest absolute Gasteiger partial charge is 0.253 e. The monoisotopic (exact) mass is 421 g/mol. The predicted octanol–water partition coefficient (Wildman–Crippen LogP) is 2.21. The molecule has 6 nitrogen and oxygen atoms in total. The maximum Gasteiger partial charge on any atom is 0.253 e. The van der Waals surface area contributed by atoms with Crippen LogP contribution in [0.2, 0.25) is 0 Å². The summed E-state index contributed by atoms with van der Waals surface area (Å²) in [5.41, 5.74) is 2.59. The van der Waals surface area contributed by atoms with Crippen LogP contribution in [0.3, 0.4) is 0 Å². The molecular weight excluding hydrogens is 394 g/mol. The lowest BCUT2D eigenvalue weighted by Crippen LogP contribution is -2.50. The van der Waals surface area contributed by atoms with Crippen molar-refractivity contribution >= 4 is 27.1 Å². The molecule has 152 valence electrons. The number of nitrogens with one attached hydrogen (secondary N) is 1. The highest BCUT2D eigenvalue weighted by Gasteiger charge is 2.42. The summed E-state index contributed by atoms with van der Waals surface area (Å²) in [5, 5.41) is 5.10. The highest BCUT2D eigenvalue weighted by Crippen LogP contribution is 2.24. The van der Waals surface area contributed by atoms with Crippen LogP contribution in [0.15, 0.2) is 23.6 Å². The molecule has 0 bridgehead atoms. The van der Waals surface area contributed by atoms with Gasteiger partial charge in [0.2, 0.25) is 0 Å². The molecular formula is C20H27N3O3S2. The molecule has 2 fully saturated rings. The SMILES string of the molecule is Cc1cc(C(=O)NC2CS(=O)(=O)CC2N2CCCC2)c(C)n1Cc1cccs1. The van der Waals surface area contributed by atoms with Crippen LogP contribution in [-0.4, -0.2) is 60.5 Å². The van der Waals surface area contributed by atoms with Crippen LogP contribution in [-0.2, 0) is 16.4 Å². The van der Waals surface area contributed by atoms with Gasteiger partial charge in [0.1, 0.15) is 0 Å². The predicted molar refractivity (Wildman–Crippen MR) is 112 cm³/mol. The van der Waals surface area contributed by atoms with Gasteiger partial charge in [0.15, 0.2) is 9.84 Å². The number of nitrogens with zero attached hydrogens (tertiary/aromatic N) is 2. The zero-order valence-electron chi connectivity index (χ0n) is 16.3. The summed E-state index contributed by atoms with van der Waals surface area (Å²) < 4.78 is 26.6. The number of thiophene rings is 1. The first-order valence-corrected chi connectivity index (χ1v) is 12.5. The van der Waals surface area contributed by atoms with Gasteiger partial charge in [0, 0.05) is 22.3 Å². The van der Waals surface area contributed by atoms with Gasteiger partial charge < -0.3 is 9.88 Å². The summed E-state index contributed by atoms with van der Waals surface area (Å²) in [6.45, 7) is 6.55. The Morgan fingerprint density at radius 3 is 2.68 bits per heavy atom. The van der Waals surface area contributed by atoms with E-state index in [1.807, 2.05) is 26.0 Å². The first-order valence-electron chi connectivity index (χ1n) is 9.78. The van der Waals surface area contributed by atoms with Gasteiger partial charge in [-0.05, 0) is 57.3 Å². The molecule has 0 radical (unpaired) electrons. The van der Waals surface area contributed by atoms with Crippen molar-refractivity contribution in [3.63, 3.8) is 0 Å². The minimum Gasteiger partial charge on any atom is -0.347 e. The van der Waals surface area contributed by atoms with Gasteiger partial charge in [-0.1, -0.05) is 6.07 Å². The van der Waals surface area contributed by atoms with E-state index in [1.54, 1.807) is 11.3 Å². The number of carbonyl (C=O) groups excluding carboxylic acids is 1. The highest BCUT2D eigenvalue weighted by atomic mass is 32.2. The fraction of sp³-hybridized carbons (Fsp3) is 0.550. The normalized spacial score (nSPS) is 24.6. The van der Waals surface area contributed by atoms with Crippen LogP contribution in [0.1, 0.15) is 39.5 Å². The molecule has 2 aromatic rings. The molecule has 2 aliphatic heterocycles. The van der Waals surface area contributed by atoms with Crippen LogP contribution in [0.25, 0.3) is 0 Å². The Kier molecular flexibility index (Phi) is 5.37. The van der Waals surface area contributed by atoms with E-state index in [9.17, 15) is 13.2 Å². The van der Waals surface area contributed by atoms with E-state index in [4.69, 9.17) is 0 Å². The van der Waals surface area contributed by atoms with Crippen molar-refractivity contribution < 1.29 is 13.2 Å². The Bertz CT molecular complexity index is 957. The molecule has 2 saturated heterocycles. The van der Waals surface area contributed by atoms with Crippen LogP contribution < -0.4 is 5.32 Å². The molecule has 1 amide bonds. The van der Waals surface area contributed by atoms with Crippen molar-refractivity contribution in [3.05, 3.63) is 45.4 Å². The lowest BCUT2D eigenvalue weighted by Gasteiger charge is -2.28. The second-order valence-electron chi connectivity index (χ2n) is 7.92. The lowest BCUT2D eigenvalue weighted by molar-refractivity contribution is 0.0918. The van der Waals surface area contributed by atoms with Crippen molar-refractivity contribution in [3.8, 4) is 0 Å². The number of carbonyl (C=O) groups is 1. The Labute approximate surface area is 170 Å². The Balaban J connectivity index is 1.53. The first-order chi connectivity index (χ1) is 13.3. The summed E-state index contributed by atoms with van der Waals surface area (Å²) in [6, 6.07) is 5.59. The average Bonchev–Trinajstić information content (AvgIpc) is 3.40. The van der Waals surface area contributed by atoms with Crippen molar-refractivity contribution in [2.45, 2.75) is 45.3 Å². The number of likely N-dealkylation sites (tertiary alicyclic amines) is 1. The molecule has 4 heterocycles. The molecule has 8 heteroatoms. The summed E-state index contributed by atoms with van der Waals surface area (Å²) in [7, 11) is -3.12. The zero-order valence-corrected chi connectivity index (χ0v) is 18.0. The molecule has 1 N–H and O–H groups in total. The number of hydrogen-bond acceptors (Lipinski definition) is 5. The topological polar surface area (TPSA) is 71.4 Å². The number of aromatic nitrogens is 1. The van der Waals surface area contributed by atoms with Gasteiger partial charge in [-0.25, -0.2) is 8.42 Å². The zero-order chi connectivity index (χ0) is 19.9. The van der Waals surface area contributed by atoms with Gasteiger partial charge in [-0.3, -0.25) is 9.69 Å². The quantitative estimate of drug-likeness (QED) is 0.804. The number of rotatable bonds is 5. The van der Waals surface area contributed by atoms with Crippen LogP contribution >= 0.6 is 11.3 Å². The highest BCUT2D eigenvalue weighted by molar-refractivity contribution is 7.91. The Morgan fingerprint density at radius 1 is 1.25 bits per heavy atom. The van der Waals surface area contributed by atoms with E-state index >= 15 is 0 Å². The van der Waals surface area contributed by atoms with Crippen LogP contribution in [0.4, 0.5) is 0 Å². The van der Waals surface area contributed by atoms with E-state index in [1.165, 1.54) is 4.88 Å². The molecule has 0 saturated carbocycles. The second-order valence-corrected chi connectivity index (χ2v) is 11.1. The minimum atomic E-state index is -3.12. The standard InChI is InChI=1S/C20H27N3O3S2/c1-14-10-17(15(2)23(14)11-16-6-5-9-27-16)20(24)21-18-12-28(25,26)13-19(18)22-7-3-4-8-22/h5-6,9-10,18-19H,3-4,7-8,11-13H2,1-2H3,(H,21,24). The third-order valence-corrected chi connectivity index (χ3v) is 8.54. The lowest BCUT2D eigenvalue weighted by atomic mass is 10.1. The maximum absolute atomic E-state index is 13.0. The van der Waals surface area contributed by atoms with E-state index in [2.05, 4.69) is 26.2 Å². The van der Waals surface area contributed by atoms with E-state index in [-0.39, 0.29) is 29.5 Å². The molecule has 2 aromatic heterocycles. The molecule has 0 aromatic carbocycles. The van der Waals surface area contributed by atoms with Crippen molar-refractivity contribution in [1.29, 1.82) is 0 Å². The third kappa shape index (κ3) is 3.90. The molecule has 2 aliphatic rings. The maximum atomic E-state index is 13.0. The third-order valence-electron chi connectivity index (χ3n) is 5.96. The second kappa shape index (κ2) is 7.65. The summed E-state index contributed by atoms with van der Waals surface area (Å²) in [4.78, 5) is 16.5. The average molecular weight is 422 g/mol. The van der Waals surface area contributed by atoms with Crippen molar-refractivity contribution in [2.75, 3.05) is 24.6 Å². The van der Waals surface area contributed by atoms with Gasteiger partial charge in [-0.2, -0.15) is 0 Å². The first kappa shape index (κ1) is 19.7. The number of sulfone groups is 1. The molecule has 2 unspecified atom stereocenters. The molecule has 0 aliphatic carbocycles. The van der Waals surface area contributed by atoms with E-state index < -0.39 is 9.84 Å². The molecule has 28 heavy (non-hydrogen) atoms. The summed E-state index contributed by atoms with van der Waals surface area (Å²) in [6.07, 6.45) is 2.20. The van der Waals surface area contributed by atoms with E-state index in [0.29, 0.717) is 5.56 Å². The van der Waals surface area contributed by atoms with Crippen LogP contribution in [0, 0.1) is 13.8 Å². The van der Waals surface area contributed by atoms with Gasteiger partial charge >= 0.3 is 0 Å². The number of aryl methyl sites for hydroxylation is 1. The van der Waals surface area contributed by atoms with Crippen molar-refractivity contribution in [1.82, 2.24) is 14.8 Å². The van der Waals surface area contributed by atoms with Crippen LogP contribution in [0.5, 0.6) is 0 Å². The molecule has 0 spiro atoms.